The number of nitrogens with zero attached hydrogens (tertiary/aromatic N) is 7. The van der Waals surface area contributed by atoms with Crippen LogP contribution in [0, 0.1) is 6.92 Å². The summed E-state index contributed by atoms with van der Waals surface area (Å²) in [5.41, 5.74) is 2.17. The van der Waals surface area contributed by atoms with Gasteiger partial charge in [-0.25, -0.2) is 9.67 Å². The highest BCUT2D eigenvalue weighted by Crippen LogP contribution is 2.38. The van der Waals surface area contributed by atoms with E-state index >= 15 is 0 Å². The number of pyridine rings is 1. The first-order valence-electron chi connectivity index (χ1n) is 9.93. The summed E-state index contributed by atoms with van der Waals surface area (Å²) in [7, 11) is 2.07. The largest absolute Gasteiger partial charge is 0.336 e. The molecular weight excluding hydrogens is 370 g/mol. The van der Waals surface area contributed by atoms with E-state index in [1.807, 2.05) is 24.0 Å². The molecule has 29 heavy (non-hydrogen) atoms. The van der Waals surface area contributed by atoms with Crippen LogP contribution in [0.5, 0.6) is 0 Å². The first-order chi connectivity index (χ1) is 14.1. The van der Waals surface area contributed by atoms with Gasteiger partial charge in [-0.05, 0) is 38.9 Å². The second kappa shape index (κ2) is 7.07. The maximum absolute atomic E-state index is 12.9. The van der Waals surface area contributed by atoms with Gasteiger partial charge in [-0.1, -0.05) is 5.16 Å². The van der Waals surface area contributed by atoms with Gasteiger partial charge in [0.2, 0.25) is 0 Å². The van der Waals surface area contributed by atoms with Crippen molar-refractivity contribution >= 4 is 5.91 Å². The molecule has 0 radical (unpaired) electrons. The number of likely N-dealkylation sites (N-methyl/N-ethyl adjacent to an activating group) is 1. The van der Waals surface area contributed by atoms with Gasteiger partial charge >= 0.3 is 0 Å². The monoisotopic (exact) mass is 393 g/mol. The standard InChI is InChI=1S/C20H23N7O2/c1-13-16(20(28)26-9-7-25(2)8-10-26)12-22-27(13)17-6-5-15(11-21-17)19-23-18(24-29-19)14-3-4-14/h5-6,11-12,14H,3-4,7-10H2,1-2H3. The van der Waals surface area contributed by atoms with Gasteiger partial charge in [0, 0.05) is 38.3 Å². The molecule has 3 aromatic heterocycles. The lowest BCUT2D eigenvalue weighted by molar-refractivity contribution is 0.0663. The maximum atomic E-state index is 12.9. The summed E-state index contributed by atoms with van der Waals surface area (Å²) in [6.45, 7) is 5.14. The molecule has 0 unspecified atom stereocenters. The van der Waals surface area contributed by atoms with Gasteiger partial charge in [0.15, 0.2) is 11.6 Å². The van der Waals surface area contributed by atoms with E-state index in [2.05, 4.69) is 32.2 Å². The highest BCUT2D eigenvalue weighted by Gasteiger charge is 2.29. The molecule has 2 fully saturated rings. The number of carbonyl (C=O) groups is 1. The first kappa shape index (κ1) is 18.0. The van der Waals surface area contributed by atoms with Gasteiger partial charge in [0.05, 0.1) is 23.0 Å². The highest BCUT2D eigenvalue weighted by molar-refractivity contribution is 5.95. The summed E-state index contributed by atoms with van der Waals surface area (Å²) in [5, 5.41) is 8.44. The lowest BCUT2D eigenvalue weighted by Crippen LogP contribution is -2.47. The van der Waals surface area contributed by atoms with E-state index in [1.165, 1.54) is 0 Å². The van der Waals surface area contributed by atoms with E-state index in [1.54, 1.807) is 17.1 Å². The number of hydrogen-bond donors (Lipinski definition) is 0. The van der Waals surface area contributed by atoms with E-state index in [4.69, 9.17) is 4.52 Å². The van der Waals surface area contributed by atoms with Gasteiger partial charge in [0.1, 0.15) is 0 Å². The molecule has 0 aromatic carbocycles. The fraction of sp³-hybridized carbons (Fsp3) is 0.450. The van der Waals surface area contributed by atoms with Crippen molar-refractivity contribution in [2.24, 2.45) is 0 Å². The fourth-order valence-electron chi connectivity index (χ4n) is 3.53. The molecule has 0 spiro atoms. The fourth-order valence-corrected chi connectivity index (χ4v) is 3.53. The van der Waals surface area contributed by atoms with Crippen LogP contribution in [0.2, 0.25) is 0 Å². The SMILES string of the molecule is Cc1c(C(=O)N2CCN(C)CC2)cnn1-c1ccc(-c2nc(C3CC3)no2)cn1. The van der Waals surface area contributed by atoms with Crippen LogP contribution in [-0.4, -0.2) is 73.8 Å². The molecule has 0 atom stereocenters. The Hall–Kier alpha value is -3.07. The number of carbonyl (C=O) groups excluding carboxylic acids is 1. The second-order valence-corrected chi connectivity index (χ2v) is 7.79. The van der Waals surface area contributed by atoms with Crippen LogP contribution >= 0.6 is 0 Å². The lowest BCUT2D eigenvalue weighted by atomic mass is 10.2. The molecule has 0 bridgehead atoms. The number of amides is 1. The number of piperazine rings is 1. The van der Waals surface area contributed by atoms with Crippen molar-refractivity contribution in [1.29, 1.82) is 0 Å². The van der Waals surface area contributed by atoms with Crippen molar-refractivity contribution in [3.05, 3.63) is 41.6 Å². The second-order valence-electron chi connectivity index (χ2n) is 7.79. The van der Waals surface area contributed by atoms with Crippen LogP contribution in [0.1, 0.15) is 40.6 Å². The van der Waals surface area contributed by atoms with E-state index in [0.29, 0.717) is 23.2 Å². The quantitative estimate of drug-likeness (QED) is 0.668. The summed E-state index contributed by atoms with van der Waals surface area (Å²) >= 11 is 0. The third-order valence-corrected chi connectivity index (χ3v) is 5.63. The summed E-state index contributed by atoms with van der Waals surface area (Å²) < 4.78 is 7.05. The molecule has 9 heteroatoms. The topological polar surface area (TPSA) is 93.2 Å². The molecule has 1 saturated heterocycles. The van der Waals surface area contributed by atoms with Crippen LogP contribution in [0.3, 0.4) is 0 Å². The van der Waals surface area contributed by atoms with Crippen LogP contribution in [0.4, 0.5) is 0 Å². The van der Waals surface area contributed by atoms with Crippen LogP contribution < -0.4 is 0 Å². The molecular formula is C20H23N7O2. The van der Waals surface area contributed by atoms with E-state index in [0.717, 1.165) is 56.1 Å². The Bertz CT molecular complexity index is 1030. The van der Waals surface area contributed by atoms with Crippen molar-refractivity contribution in [2.45, 2.75) is 25.7 Å². The average molecular weight is 393 g/mol. The third kappa shape index (κ3) is 3.42. The number of aromatic nitrogens is 5. The van der Waals surface area contributed by atoms with Crippen molar-refractivity contribution in [3.63, 3.8) is 0 Å². The minimum atomic E-state index is 0.0249. The number of rotatable bonds is 4. The zero-order chi connectivity index (χ0) is 20.0. The lowest BCUT2D eigenvalue weighted by Gasteiger charge is -2.32. The Labute approximate surface area is 168 Å². The van der Waals surface area contributed by atoms with Crippen molar-refractivity contribution in [1.82, 2.24) is 34.7 Å². The van der Waals surface area contributed by atoms with E-state index < -0.39 is 0 Å². The smallest absolute Gasteiger partial charge is 0.259 e. The molecule has 2 aliphatic rings. The van der Waals surface area contributed by atoms with E-state index in [-0.39, 0.29) is 5.91 Å². The van der Waals surface area contributed by atoms with E-state index in [9.17, 15) is 4.79 Å². The minimum absolute atomic E-state index is 0.0249. The van der Waals surface area contributed by atoms with Crippen molar-refractivity contribution in [3.8, 4) is 17.3 Å². The van der Waals surface area contributed by atoms with Gasteiger partial charge in [-0.3, -0.25) is 4.79 Å². The molecule has 5 rings (SSSR count). The third-order valence-electron chi connectivity index (χ3n) is 5.63. The van der Waals surface area contributed by atoms with Gasteiger partial charge in [0.25, 0.3) is 11.8 Å². The summed E-state index contributed by atoms with van der Waals surface area (Å²) in [5.74, 6) is 2.37. The Morgan fingerprint density at radius 1 is 1.14 bits per heavy atom. The molecule has 4 heterocycles. The summed E-state index contributed by atoms with van der Waals surface area (Å²) in [4.78, 5) is 25.9. The molecule has 3 aromatic rings. The zero-order valence-corrected chi connectivity index (χ0v) is 16.6. The molecule has 1 aliphatic heterocycles. The number of hydrogen-bond acceptors (Lipinski definition) is 7. The predicted octanol–water partition coefficient (Wildman–Crippen LogP) is 1.89. The Balaban J connectivity index is 1.35. The van der Waals surface area contributed by atoms with Gasteiger partial charge < -0.3 is 14.3 Å². The molecule has 9 nitrogen and oxygen atoms in total. The molecule has 0 N–H and O–H groups in total. The Kier molecular flexibility index (Phi) is 4.39. The van der Waals surface area contributed by atoms with Gasteiger partial charge in [-0.15, -0.1) is 0 Å². The normalized spacial score (nSPS) is 17.7. The van der Waals surface area contributed by atoms with Crippen LogP contribution in [0.15, 0.2) is 29.0 Å². The molecule has 1 amide bonds. The average Bonchev–Trinajstić information content (AvgIpc) is 3.35. The van der Waals surface area contributed by atoms with Gasteiger partial charge in [-0.2, -0.15) is 10.1 Å². The van der Waals surface area contributed by atoms with Crippen molar-refractivity contribution < 1.29 is 9.32 Å². The summed E-state index contributed by atoms with van der Waals surface area (Å²) in [6, 6.07) is 3.73. The van der Waals surface area contributed by atoms with Crippen LogP contribution in [0.25, 0.3) is 17.3 Å². The maximum Gasteiger partial charge on any atom is 0.259 e. The Morgan fingerprint density at radius 2 is 1.93 bits per heavy atom. The van der Waals surface area contributed by atoms with Crippen LogP contribution in [-0.2, 0) is 0 Å². The molecule has 1 aliphatic carbocycles. The predicted molar refractivity (Wildman–Crippen MR) is 105 cm³/mol. The molecule has 1 saturated carbocycles. The molecule has 150 valence electrons. The Morgan fingerprint density at radius 3 is 2.62 bits per heavy atom. The highest BCUT2D eigenvalue weighted by atomic mass is 16.5. The summed E-state index contributed by atoms with van der Waals surface area (Å²) in [6.07, 6.45) is 5.59. The van der Waals surface area contributed by atoms with Crippen molar-refractivity contribution in [2.75, 3.05) is 33.2 Å². The first-order valence-corrected chi connectivity index (χ1v) is 9.93. The minimum Gasteiger partial charge on any atom is -0.336 e. The zero-order valence-electron chi connectivity index (χ0n) is 16.6.